The molecule has 0 aromatic heterocycles. The first-order chi connectivity index (χ1) is 4.83. The fourth-order valence-corrected chi connectivity index (χ4v) is 2.36. The molecule has 0 spiro atoms. The first kappa shape index (κ1) is 8.41. The summed E-state index contributed by atoms with van der Waals surface area (Å²) in [7, 11) is 0. The van der Waals surface area contributed by atoms with E-state index in [2.05, 4.69) is 30.9 Å². The molecule has 2 unspecified atom stereocenters. The monoisotopic (exact) mass is 159 g/mol. The van der Waals surface area contributed by atoms with Crippen LogP contribution in [0.2, 0.25) is 0 Å². The molecule has 1 fully saturated rings. The summed E-state index contributed by atoms with van der Waals surface area (Å²) in [6, 6.07) is 0. The SMILES string of the molecule is CCC1CNCC(C)CS1. The highest BCUT2D eigenvalue weighted by Crippen LogP contribution is 2.19. The highest BCUT2D eigenvalue weighted by atomic mass is 32.2. The second-order valence-corrected chi connectivity index (χ2v) is 4.46. The van der Waals surface area contributed by atoms with Gasteiger partial charge in [0.25, 0.3) is 0 Å². The van der Waals surface area contributed by atoms with E-state index in [0.717, 1.165) is 11.2 Å². The highest BCUT2D eigenvalue weighted by molar-refractivity contribution is 7.99. The van der Waals surface area contributed by atoms with Crippen molar-refractivity contribution in [3.05, 3.63) is 0 Å². The molecule has 0 radical (unpaired) electrons. The predicted octanol–water partition coefficient (Wildman–Crippen LogP) is 1.74. The molecule has 1 rings (SSSR count). The van der Waals surface area contributed by atoms with Crippen molar-refractivity contribution in [3.8, 4) is 0 Å². The van der Waals surface area contributed by atoms with Gasteiger partial charge in [-0.05, 0) is 24.6 Å². The third-order valence-electron chi connectivity index (χ3n) is 1.94. The lowest BCUT2D eigenvalue weighted by molar-refractivity contribution is 0.568. The predicted molar refractivity (Wildman–Crippen MR) is 48.6 cm³/mol. The van der Waals surface area contributed by atoms with Crippen LogP contribution in [0.25, 0.3) is 0 Å². The van der Waals surface area contributed by atoms with E-state index in [1.807, 2.05) is 0 Å². The number of nitrogens with one attached hydrogen (secondary N) is 1. The van der Waals surface area contributed by atoms with E-state index in [-0.39, 0.29) is 0 Å². The maximum atomic E-state index is 3.48. The Bertz CT molecular complexity index is 95.3. The molecule has 0 aromatic carbocycles. The largest absolute Gasteiger partial charge is 0.315 e. The molecule has 1 saturated heterocycles. The molecule has 2 atom stereocenters. The van der Waals surface area contributed by atoms with Crippen LogP contribution in [0.3, 0.4) is 0 Å². The molecule has 0 bridgehead atoms. The minimum absolute atomic E-state index is 0.863. The van der Waals surface area contributed by atoms with Gasteiger partial charge < -0.3 is 5.32 Å². The zero-order valence-electron chi connectivity index (χ0n) is 6.89. The smallest absolute Gasteiger partial charge is 0.0169 e. The van der Waals surface area contributed by atoms with Crippen LogP contribution in [0.1, 0.15) is 20.3 Å². The summed E-state index contributed by atoms with van der Waals surface area (Å²) in [6.45, 7) is 7.02. The van der Waals surface area contributed by atoms with E-state index in [1.54, 1.807) is 0 Å². The molecule has 0 saturated carbocycles. The normalized spacial score (nSPS) is 35.4. The molecule has 1 aliphatic heterocycles. The van der Waals surface area contributed by atoms with Crippen molar-refractivity contribution in [2.24, 2.45) is 5.92 Å². The average Bonchev–Trinajstić information content (AvgIpc) is 2.14. The molecule has 1 nitrogen and oxygen atoms in total. The Morgan fingerprint density at radius 3 is 3.00 bits per heavy atom. The van der Waals surface area contributed by atoms with Gasteiger partial charge in [0.1, 0.15) is 0 Å². The van der Waals surface area contributed by atoms with Crippen LogP contribution in [0.15, 0.2) is 0 Å². The Hall–Kier alpha value is 0.310. The topological polar surface area (TPSA) is 12.0 Å². The van der Waals surface area contributed by atoms with Crippen molar-refractivity contribution in [1.29, 1.82) is 0 Å². The van der Waals surface area contributed by atoms with Crippen molar-refractivity contribution in [3.63, 3.8) is 0 Å². The van der Waals surface area contributed by atoms with Crippen LogP contribution in [0.4, 0.5) is 0 Å². The van der Waals surface area contributed by atoms with Gasteiger partial charge in [-0.2, -0.15) is 11.8 Å². The summed E-state index contributed by atoms with van der Waals surface area (Å²) >= 11 is 2.13. The van der Waals surface area contributed by atoms with Gasteiger partial charge in [-0.15, -0.1) is 0 Å². The molecule has 1 aliphatic rings. The Morgan fingerprint density at radius 2 is 2.30 bits per heavy atom. The summed E-state index contributed by atoms with van der Waals surface area (Å²) in [5.41, 5.74) is 0. The standard InChI is InChI=1S/C8H17NS/c1-3-8-5-9-4-7(2)6-10-8/h7-9H,3-6H2,1-2H3. The summed E-state index contributed by atoms with van der Waals surface area (Å²) in [6.07, 6.45) is 1.31. The van der Waals surface area contributed by atoms with Crippen LogP contribution in [0, 0.1) is 5.92 Å². The summed E-state index contributed by atoms with van der Waals surface area (Å²) in [5.74, 6) is 2.20. The number of thioether (sulfide) groups is 1. The molecule has 60 valence electrons. The average molecular weight is 159 g/mol. The molecule has 0 aromatic rings. The van der Waals surface area contributed by atoms with Crippen LogP contribution in [-0.2, 0) is 0 Å². The molecule has 0 aliphatic carbocycles. The lowest BCUT2D eigenvalue weighted by Gasteiger charge is -2.09. The third kappa shape index (κ3) is 2.51. The lowest BCUT2D eigenvalue weighted by atomic mass is 10.2. The van der Waals surface area contributed by atoms with Gasteiger partial charge in [0, 0.05) is 11.8 Å². The highest BCUT2D eigenvalue weighted by Gasteiger charge is 2.13. The van der Waals surface area contributed by atoms with Gasteiger partial charge in [0.05, 0.1) is 0 Å². The summed E-state index contributed by atoms with van der Waals surface area (Å²) in [5, 5.41) is 4.34. The maximum absolute atomic E-state index is 3.48. The van der Waals surface area contributed by atoms with Gasteiger partial charge in [0.15, 0.2) is 0 Å². The van der Waals surface area contributed by atoms with E-state index in [1.165, 1.54) is 25.3 Å². The minimum atomic E-state index is 0.863. The first-order valence-corrected chi connectivity index (χ1v) is 5.20. The zero-order valence-corrected chi connectivity index (χ0v) is 7.71. The summed E-state index contributed by atoms with van der Waals surface area (Å²) < 4.78 is 0. The van der Waals surface area contributed by atoms with E-state index in [4.69, 9.17) is 0 Å². The Labute approximate surface area is 68.0 Å². The van der Waals surface area contributed by atoms with Crippen LogP contribution in [0.5, 0.6) is 0 Å². The van der Waals surface area contributed by atoms with Gasteiger partial charge >= 0.3 is 0 Å². The first-order valence-electron chi connectivity index (χ1n) is 4.15. The molecular weight excluding hydrogens is 142 g/mol. The van der Waals surface area contributed by atoms with E-state index in [9.17, 15) is 0 Å². The Balaban J connectivity index is 2.26. The zero-order chi connectivity index (χ0) is 7.40. The van der Waals surface area contributed by atoms with E-state index >= 15 is 0 Å². The Morgan fingerprint density at radius 1 is 1.50 bits per heavy atom. The van der Waals surface area contributed by atoms with Crippen LogP contribution >= 0.6 is 11.8 Å². The second kappa shape index (κ2) is 4.24. The fourth-order valence-electron chi connectivity index (χ4n) is 1.17. The lowest BCUT2D eigenvalue weighted by Crippen LogP contribution is -2.24. The summed E-state index contributed by atoms with van der Waals surface area (Å²) in [4.78, 5) is 0. The van der Waals surface area contributed by atoms with E-state index < -0.39 is 0 Å². The molecule has 2 heteroatoms. The van der Waals surface area contributed by atoms with Crippen molar-refractivity contribution in [1.82, 2.24) is 5.32 Å². The van der Waals surface area contributed by atoms with E-state index in [0.29, 0.717) is 0 Å². The molecule has 10 heavy (non-hydrogen) atoms. The van der Waals surface area contributed by atoms with Crippen molar-refractivity contribution in [2.75, 3.05) is 18.8 Å². The minimum Gasteiger partial charge on any atom is -0.315 e. The van der Waals surface area contributed by atoms with Crippen LogP contribution in [-0.4, -0.2) is 24.1 Å². The number of rotatable bonds is 1. The van der Waals surface area contributed by atoms with Crippen molar-refractivity contribution >= 4 is 11.8 Å². The molecule has 1 heterocycles. The fraction of sp³-hybridized carbons (Fsp3) is 1.00. The molecule has 0 amide bonds. The van der Waals surface area contributed by atoms with Crippen LogP contribution < -0.4 is 5.32 Å². The van der Waals surface area contributed by atoms with Gasteiger partial charge in [-0.25, -0.2) is 0 Å². The number of hydrogen-bond acceptors (Lipinski definition) is 2. The second-order valence-electron chi connectivity index (χ2n) is 3.13. The van der Waals surface area contributed by atoms with Crippen molar-refractivity contribution < 1.29 is 0 Å². The molecular formula is C8H17NS. The third-order valence-corrected chi connectivity index (χ3v) is 3.67. The quantitative estimate of drug-likeness (QED) is 0.625. The maximum Gasteiger partial charge on any atom is 0.0169 e. The van der Waals surface area contributed by atoms with Gasteiger partial charge in [0.2, 0.25) is 0 Å². The number of hydrogen-bond donors (Lipinski definition) is 1. The van der Waals surface area contributed by atoms with Crippen molar-refractivity contribution in [2.45, 2.75) is 25.5 Å². The van der Waals surface area contributed by atoms with Gasteiger partial charge in [-0.3, -0.25) is 0 Å². The molecule has 1 N–H and O–H groups in total. The van der Waals surface area contributed by atoms with Gasteiger partial charge in [-0.1, -0.05) is 13.8 Å². The Kier molecular flexibility index (Phi) is 3.57.